The molecule has 0 saturated heterocycles. The molecule has 0 N–H and O–H groups in total. The number of benzene rings is 1. The minimum atomic E-state index is -0.233. The van der Waals surface area contributed by atoms with Crippen LogP contribution in [0.25, 0.3) is 6.08 Å². The predicted molar refractivity (Wildman–Crippen MR) is 74.2 cm³/mol. The summed E-state index contributed by atoms with van der Waals surface area (Å²) < 4.78 is 0. The lowest BCUT2D eigenvalue weighted by Crippen LogP contribution is -2.24. The molecule has 0 aromatic heterocycles. The van der Waals surface area contributed by atoms with Gasteiger partial charge in [-0.1, -0.05) is 50.6 Å². The summed E-state index contributed by atoms with van der Waals surface area (Å²) in [5.74, 6) is 0.192. The van der Waals surface area contributed by atoms with Crippen molar-refractivity contribution in [1.82, 2.24) is 0 Å². The molecule has 1 aromatic rings. The maximum Gasteiger partial charge on any atom is 0.161 e. The second kappa shape index (κ2) is 6.02. The van der Waals surface area contributed by atoms with Gasteiger partial charge >= 0.3 is 0 Å². The normalized spacial score (nSPS) is 12.0. The minimum absolute atomic E-state index is 0.192. The fraction of sp³-hybridized carbons (Fsp3) is 0.400. The monoisotopic (exact) mass is 250 g/mol. The Kier molecular flexibility index (Phi) is 4.95. The number of hydrogen-bond donors (Lipinski definition) is 0. The van der Waals surface area contributed by atoms with Crippen LogP contribution in [0.2, 0.25) is 5.02 Å². The predicted octanol–water partition coefficient (Wildman–Crippen LogP) is 4.75. The van der Waals surface area contributed by atoms with Crippen LogP contribution in [0.15, 0.2) is 30.3 Å². The molecule has 1 nitrogen and oxygen atoms in total. The highest BCUT2D eigenvalue weighted by atomic mass is 35.5. The highest BCUT2D eigenvalue weighted by Crippen LogP contribution is 2.27. The van der Waals surface area contributed by atoms with Crippen molar-refractivity contribution in [2.24, 2.45) is 5.41 Å². The quantitative estimate of drug-likeness (QED) is 0.690. The summed E-state index contributed by atoms with van der Waals surface area (Å²) in [4.78, 5) is 12.1. The molecule has 1 aromatic carbocycles. The Bertz CT molecular complexity index is 399. The van der Waals surface area contributed by atoms with Crippen molar-refractivity contribution in [2.75, 3.05) is 0 Å². The lowest BCUT2D eigenvalue weighted by molar-refractivity contribution is -0.123. The number of carbonyl (C=O) groups is 1. The number of rotatable bonds is 5. The number of halogens is 1. The molecular weight excluding hydrogens is 232 g/mol. The van der Waals surface area contributed by atoms with Crippen molar-refractivity contribution in [1.29, 1.82) is 0 Å². The van der Waals surface area contributed by atoms with E-state index in [9.17, 15) is 4.79 Å². The van der Waals surface area contributed by atoms with Crippen LogP contribution in [-0.4, -0.2) is 5.78 Å². The number of ketones is 1. The first-order chi connectivity index (χ1) is 8.01. The van der Waals surface area contributed by atoms with E-state index in [0.29, 0.717) is 5.02 Å². The van der Waals surface area contributed by atoms with E-state index < -0.39 is 0 Å². The van der Waals surface area contributed by atoms with Crippen LogP contribution in [0.4, 0.5) is 0 Å². The zero-order valence-electron chi connectivity index (χ0n) is 10.7. The molecule has 0 aliphatic carbocycles. The topological polar surface area (TPSA) is 17.1 Å². The number of allylic oxidation sites excluding steroid dienone is 1. The standard InChI is InChI=1S/C15H19ClO/c1-4-15(3,5-2)14(17)11-8-12-6-9-13(16)10-7-12/h6-11H,4-5H2,1-3H3/b11-8+. The summed E-state index contributed by atoms with van der Waals surface area (Å²) in [6.07, 6.45) is 5.26. The first-order valence-electron chi connectivity index (χ1n) is 6.00. The molecule has 0 fully saturated rings. The summed E-state index contributed by atoms with van der Waals surface area (Å²) in [6.45, 7) is 6.12. The summed E-state index contributed by atoms with van der Waals surface area (Å²) >= 11 is 5.80. The molecule has 1 rings (SSSR count). The Labute approximate surface area is 108 Å². The Hall–Kier alpha value is -1.08. The molecule has 0 aliphatic rings. The lowest BCUT2D eigenvalue weighted by atomic mass is 9.80. The summed E-state index contributed by atoms with van der Waals surface area (Å²) in [5.41, 5.74) is 0.764. The van der Waals surface area contributed by atoms with Crippen LogP contribution in [-0.2, 0) is 4.79 Å². The Morgan fingerprint density at radius 1 is 1.24 bits per heavy atom. The van der Waals surface area contributed by atoms with Crippen LogP contribution >= 0.6 is 11.6 Å². The third kappa shape index (κ3) is 3.71. The highest BCUT2D eigenvalue weighted by molar-refractivity contribution is 6.30. The fourth-order valence-corrected chi connectivity index (χ4v) is 1.67. The Morgan fingerprint density at radius 3 is 2.24 bits per heavy atom. The van der Waals surface area contributed by atoms with Crippen molar-refractivity contribution in [3.8, 4) is 0 Å². The van der Waals surface area contributed by atoms with E-state index in [4.69, 9.17) is 11.6 Å². The van der Waals surface area contributed by atoms with Gasteiger partial charge in [-0.05, 0) is 36.6 Å². The summed E-state index contributed by atoms with van der Waals surface area (Å²) in [7, 11) is 0. The highest BCUT2D eigenvalue weighted by Gasteiger charge is 2.26. The largest absolute Gasteiger partial charge is 0.294 e. The van der Waals surface area contributed by atoms with Gasteiger partial charge in [0.25, 0.3) is 0 Å². The van der Waals surface area contributed by atoms with Crippen LogP contribution in [0.5, 0.6) is 0 Å². The molecule has 0 heterocycles. The van der Waals surface area contributed by atoms with Crippen molar-refractivity contribution in [3.05, 3.63) is 40.9 Å². The van der Waals surface area contributed by atoms with Crippen molar-refractivity contribution in [3.63, 3.8) is 0 Å². The molecule has 0 spiro atoms. The van der Waals surface area contributed by atoms with E-state index >= 15 is 0 Å². The molecule has 0 saturated carbocycles. The number of hydrogen-bond acceptors (Lipinski definition) is 1. The van der Waals surface area contributed by atoms with Crippen LogP contribution in [0.1, 0.15) is 39.2 Å². The Morgan fingerprint density at radius 2 is 1.76 bits per heavy atom. The second-order valence-electron chi connectivity index (χ2n) is 4.52. The van der Waals surface area contributed by atoms with E-state index in [1.807, 2.05) is 37.3 Å². The second-order valence-corrected chi connectivity index (χ2v) is 4.95. The molecule has 17 heavy (non-hydrogen) atoms. The van der Waals surface area contributed by atoms with Crippen molar-refractivity contribution < 1.29 is 4.79 Å². The van der Waals surface area contributed by atoms with E-state index in [1.165, 1.54) is 0 Å². The van der Waals surface area contributed by atoms with Gasteiger partial charge in [-0.25, -0.2) is 0 Å². The van der Waals surface area contributed by atoms with Crippen LogP contribution < -0.4 is 0 Å². The zero-order chi connectivity index (χ0) is 12.9. The van der Waals surface area contributed by atoms with Crippen molar-refractivity contribution in [2.45, 2.75) is 33.6 Å². The maximum atomic E-state index is 12.1. The van der Waals surface area contributed by atoms with Gasteiger partial charge in [0.05, 0.1) is 0 Å². The van der Waals surface area contributed by atoms with Gasteiger partial charge in [0.15, 0.2) is 5.78 Å². The first-order valence-corrected chi connectivity index (χ1v) is 6.37. The van der Waals surface area contributed by atoms with Crippen molar-refractivity contribution >= 4 is 23.5 Å². The van der Waals surface area contributed by atoms with E-state index in [2.05, 4.69) is 13.8 Å². The van der Waals surface area contributed by atoms with Gasteiger partial charge in [-0.15, -0.1) is 0 Å². The molecule has 0 amide bonds. The van der Waals surface area contributed by atoms with Gasteiger partial charge in [0.1, 0.15) is 0 Å². The average Bonchev–Trinajstić information content (AvgIpc) is 2.36. The first kappa shape index (κ1) is 14.0. The smallest absolute Gasteiger partial charge is 0.161 e. The zero-order valence-corrected chi connectivity index (χ0v) is 11.4. The molecule has 92 valence electrons. The van der Waals surface area contributed by atoms with E-state index in [-0.39, 0.29) is 11.2 Å². The molecule has 0 unspecified atom stereocenters. The molecule has 0 atom stereocenters. The maximum absolute atomic E-state index is 12.1. The molecule has 0 aliphatic heterocycles. The van der Waals surface area contributed by atoms with E-state index in [0.717, 1.165) is 18.4 Å². The molecular formula is C15H19ClO. The average molecular weight is 251 g/mol. The van der Waals surface area contributed by atoms with Crippen LogP contribution in [0.3, 0.4) is 0 Å². The minimum Gasteiger partial charge on any atom is -0.294 e. The fourth-order valence-electron chi connectivity index (χ4n) is 1.55. The lowest BCUT2D eigenvalue weighted by Gasteiger charge is -2.22. The van der Waals surface area contributed by atoms with Gasteiger partial charge in [-0.3, -0.25) is 4.79 Å². The third-order valence-corrected chi connectivity index (χ3v) is 3.70. The SMILES string of the molecule is CCC(C)(CC)C(=O)/C=C/c1ccc(Cl)cc1. The third-order valence-electron chi connectivity index (χ3n) is 3.45. The Balaban J connectivity index is 2.77. The van der Waals surface area contributed by atoms with Crippen LogP contribution in [0, 0.1) is 5.41 Å². The van der Waals surface area contributed by atoms with E-state index in [1.54, 1.807) is 6.08 Å². The molecule has 2 heteroatoms. The van der Waals surface area contributed by atoms with Gasteiger partial charge in [-0.2, -0.15) is 0 Å². The molecule has 0 radical (unpaired) electrons. The van der Waals surface area contributed by atoms with Gasteiger partial charge in [0, 0.05) is 10.4 Å². The number of carbonyl (C=O) groups excluding carboxylic acids is 1. The summed E-state index contributed by atoms with van der Waals surface area (Å²) in [6, 6.07) is 7.46. The van der Waals surface area contributed by atoms with Gasteiger partial charge in [0.2, 0.25) is 0 Å². The summed E-state index contributed by atoms with van der Waals surface area (Å²) in [5, 5.41) is 0.709. The van der Waals surface area contributed by atoms with Gasteiger partial charge < -0.3 is 0 Å². The molecule has 0 bridgehead atoms.